The highest BCUT2D eigenvalue weighted by Crippen LogP contribution is 2.28. The van der Waals surface area contributed by atoms with Crippen molar-refractivity contribution in [2.75, 3.05) is 34.3 Å². The van der Waals surface area contributed by atoms with E-state index in [1.165, 1.54) is 0 Å². The summed E-state index contributed by atoms with van der Waals surface area (Å²) in [5, 5.41) is 2.47. The number of rotatable bonds is 7. The summed E-state index contributed by atoms with van der Waals surface area (Å²) in [6.45, 7) is 0.694. The molecule has 1 aromatic rings. The molecule has 1 amide bonds. The smallest absolute Gasteiger partial charge is 0.465 e. The molecule has 19 heteroatoms. The second-order valence-electron chi connectivity index (χ2n) is 6.20. The maximum absolute atomic E-state index is 12.5. The molecule has 0 unspecified atom stereocenters. The summed E-state index contributed by atoms with van der Waals surface area (Å²) in [4.78, 5) is 25.5. The van der Waals surface area contributed by atoms with Gasteiger partial charge in [-0.2, -0.15) is 43.2 Å². The van der Waals surface area contributed by atoms with E-state index < -0.39 is 48.9 Å². The molecule has 0 spiro atoms. The van der Waals surface area contributed by atoms with Crippen LogP contribution in [0.4, 0.5) is 26.3 Å². The first-order valence-electron chi connectivity index (χ1n) is 8.33. The average molecular weight is 548 g/mol. The van der Waals surface area contributed by atoms with E-state index in [4.69, 9.17) is 13.0 Å². The zero-order valence-electron chi connectivity index (χ0n) is 17.4. The van der Waals surface area contributed by atoms with Gasteiger partial charge in [0.05, 0.1) is 12.7 Å². The number of esters is 1. The van der Waals surface area contributed by atoms with Crippen LogP contribution in [-0.4, -0.2) is 83.5 Å². The van der Waals surface area contributed by atoms with E-state index in [9.17, 15) is 44.3 Å². The van der Waals surface area contributed by atoms with Crippen molar-refractivity contribution in [1.29, 1.82) is 0 Å². The Morgan fingerprint density at radius 2 is 1.44 bits per heavy atom. The van der Waals surface area contributed by atoms with Gasteiger partial charge >= 0.3 is 37.2 Å². The number of alkyl halides is 6. The first-order valence-corrected chi connectivity index (χ1v) is 11.2. The lowest BCUT2D eigenvalue weighted by Crippen LogP contribution is -2.31. The molecule has 0 bridgehead atoms. The number of ether oxygens (including phenoxy) is 1. The van der Waals surface area contributed by atoms with Crippen LogP contribution in [0, 0.1) is 0 Å². The minimum atomic E-state index is -5.96. The molecule has 34 heavy (non-hydrogen) atoms. The molecule has 196 valence electrons. The summed E-state index contributed by atoms with van der Waals surface area (Å²) in [5.74, 6) is -2.56. The minimum Gasteiger partial charge on any atom is -0.465 e. The zero-order valence-corrected chi connectivity index (χ0v) is 19.0. The van der Waals surface area contributed by atoms with Crippen molar-refractivity contribution in [2.24, 2.45) is 0 Å². The molecular formula is C15H18F6N2O9S2. The van der Waals surface area contributed by atoms with Crippen molar-refractivity contribution in [2.45, 2.75) is 11.0 Å². The van der Waals surface area contributed by atoms with Crippen LogP contribution >= 0.6 is 0 Å². The molecule has 0 saturated heterocycles. The Hall–Kier alpha value is -2.64. The number of benzene rings is 1. The number of halogens is 6. The third-order valence-corrected chi connectivity index (χ3v) is 4.78. The van der Waals surface area contributed by atoms with Gasteiger partial charge < -0.3 is 19.1 Å². The van der Waals surface area contributed by atoms with Gasteiger partial charge in [-0.05, 0) is 32.3 Å². The molecule has 0 fully saturated rings. The molecule has 0 heterocycles. The Kier molecular flexibility index (Phi) is 10.8. The van der Waals surface area contributed by atoms with Crippen LogP contribution in [0.1, 0.15) is 20.7 Å². The summed E-state index contributed by atoms with van der Waals surface area (Å²) in [5.41, 5.74) is -11.8. The first-order chi connectivity index (χ1) is 15.1. The summed E-state index contributed by atoms with van der Waals surface area (Å²) in [7, 11) is -7.26. The van der Waals surface area contributed by atoms with Crippen molar-refractivity contribution >= 4 is 32.1 Å². The van der Waals surface area contributed by atoms with Crippen LogP contribution < -0.4 is 9.50 Å². The number of carbonyl (C=O) groups is 2. The topological polar surface area (TPSA) is 156 Å². The van der Waals surface area contributed by atoms with Crippen LogP contribution in [0.2, 0.25) is 0 Å². The standard InChI is InChI=1S/C14H17F3N2O6S.CHF3O3S/c1-19(2)5-4-18-12(20)9-6-10(13(21)24-3)8-11(7-9)25-26(22,23)14(15,16)17;2-1(3,4)8(5,6)7/h6-8H,4-5H2,1-3H3,(H,18,20);(H,5,6,7). The molecule has 0 aliphatic heterocycles. The molecule has 11 nitrogen and oxygen atoms in total. The number of methoxy groups -OCH3 is 1. The van der Waals surface area contributed by atoms with Gasteiger partial charge in [-0.1, -0.05) is 0 Å². The van der Waals surface area contributed by atoms with Crippen LogP contribution in [-0.2, 0) is 25.0 Å². The highest BCUT2D eigenvalue weighted by molar-refractivity contribution is 7.88. The SMILES string of the molecule is COC(=O)c1cc(OS(=O)(=O)C(F)(F)F)cc(C(=O)NCCN(C)C)c1.O=S(=O)(O)C(F)(F)F. The Bertz CT molecular complexity index is 1080. The van der Waals surface area contributed by atoms with Crippen molar-refractivity contribution in [3.8, 4) is 5.75 Å². The summed E-state index contributed by atoms with van der Waals surface area (Å²) < 4.78 is 126. The van der Waals surface area contributed by atoms with Gasteiger partial charge in [0.1, 0.15) is 5.75 Å². The van der Waals surface area contributed by atoms with Gasteiger partial charge in [-0.3, -0.25) is 9.35 Å². The Balaban J connectivity index is 0.00000116. The minimum absolute atomic E-state index is 0.214. The third-order valence-electron chi connectivity index (χ3n) is 3.22. The van der Waals surface area contributed by atoms with E-state index in [1.54, 1.807) is 19.0 Å². The van der Waals surface area contributed by atoms with E-state index in [-0.39, 0.29) is 17.7 Å². The summed E-state index contributed by atoms with van der Waals surface area (Å²) in [6, 6.07) is 2.55. The van der Waals surface area contributed by atoms with E-state index in [1.807, 2.05) is 0 Å². The molecule has 0 atom stereocenters. The summed E-state index contributed by atoms with van der Waals surface area (Å²) >= 11 is 0. The van der Waals surface area contributed by atoms with Crippen molar-refractivity contribution in [3.05, 3.63) is 29.3 Å². The lowest BCUT2D eigenvalue weighted by molar-refractivity contribution is -0.0512. The van der Waals surface area contributed by atoms with Gasteiger partial charge in [0.15, 0.2) is 0 Å². The van der Waals surface area contributed by atoms with Gasteiger partial charge in [0.25, 0.3) is 5.91 Å². The highest BCUT2D eigenvalue weighted by Gasteiger charge is 2.48. The van der Waals surface area contributed by atoms with E-state index in [2.05, 4.69) is 14.2 Å². The number of carbonyl (C=O) groups excluding carboxylic acids is 2. The fourth-order valence-electron chi connectivity index (χ4n) is 1.68. The normalized spacial score (nSPS) is 12.4. The quantitative estimate of drug-likeness (QED) is 0.168. The molecule has 0 aliphatic carbocycles. The van der Waals surface area contributed by atoms with Crippen LogP contribution in [0.3, 0.4) is 0 Å². The van der Waals surface area contributed by atoms with Gasteiger partial charge in [0, 0.05) is 18.7 Å². The maximum Gasteiger partial charge on any atom is 0.534 e. The predicted octanol–water partition coefficient (Wildman–Crippen LogP) is 1.39. The van der Waals surface area contributed by atoms with E-state index >= 15 is 0 Å². The molecule has 0 aromatic heterocycles. The number of hydrogen-bond acceptors (Lipinski definition) is 9. The number of likely N-dealkylation sites (N-methyl/N-ethyl adjacent to an activating group) is 1. The Morgan fingerprint density at radius 1 is 0.971 bits per heavy atom. The molecule has 0 saturated carbocycles. The van der Waals surface area contributed by atoms with Gasteiger partial charge in [0.2, 0.25) is 0 Å². The molecular weight excluding hydrogens is 530 g/mol. The number of hydrogen-bond donors (Lipinski definition) is 2. The second kappa shape index (κ2) is 11.7. The number of nitrogens with one attached hydrogen (secondary N) is 1. The Morgan fingerprint density at radius 3 is 1.82 bits per heavy atom. The van der Waals surface area contributed by atoms with Gasteiger partial charge in [-0.15, -0.1) is 0 Å². The van der Waals surface area contributed by atoms with Crippen LogP contribution in [0.25, 0.3) is 0 Å². The lowest BCUT2D eigenvalue weighted by Gasteiger charge is -2.13. The fraction of sp³-hybridized carbons (Fsp3) is 0.467. The number of amides is 1. The maximum atomic E-state index is 12.5. The van der Waals surface area contributed by atoms with E-state index in [0.29, 0.717) is 6.54 Å². The summed E-state index contributed by atoms with van der Waals surface area (Å²) in [6.07, 6.45) is 0. The molecule has 2 N–H and O–H groups in total. The lowest BCUT2D eigenvalue weighted by atomic mass is 10.1. The fourth-order valence-corrected chi connectivity index (χ4v) is 2.13. The first kappa shape index (κ1) is 31.4. The van der Waals surface area contributed by atoms with Crippen molar-refractivity contribution in [3.63, 3.8) is 0 Å². The molecule has 1 rings (SSSR count). The van der Waals surface area contributed by atoms with Crippen LogP contribution in [0.15, 0.2) is 18.2 Å². The van der Waals surface area contributed by atoms with Gasteiger partial charge in [-0.25, -0.2) is 4.79 Å². The monoisotopic (exact) mass is 548 g/mol. The van der Waals surface area contributed by atoms with Crippen LogP contribution in [0.5, 0.6) is 5.75 Å². The molecule has 0 radical (unpaired) electrons. The zero-order chi connectivity index (χ0) is 27.1. The van der Waals surface area contributed by atoms with E-state index in [0.717, 1.165) is 25.3 Å². The second-order valence-corrected chi connectivity index (χ2v) is 9.15. The third kappa shape index (κ3) is 10.1. The Labute approximate surface area is 189 Å². The molecule has 1 aromatic carbocycles. The van der Waals surface area contributed by atoms with Crippen molar-refractivity contribution < 1.29 is 66.2 Å². The largest absolute Gasteiger partial charge is 0.534 e. The average Bonchev–Trinajstić information content (AvgIpc) is 2.64. The predicted molar refractivity (Wildman–Crippen MR) is 102 cm³/mol. The molecule has 0 aliphatic rings. The van der Waals surface area contributed by atoms with Crippen molar-refractivity contribution in [1.82, 2.24) is 10.2 Å². The number of nitrogens with zero attached hydrogens (tertiary/aromatic N) is 1. The highest BCUT2D eigenvalue weighted by atomic mass is 32.2.